The van der Waals surface area contributed by atoms with Crippen LogP contribution < -0.4 is 0 Å². The van der Waals surface area contributed by atoms with Crippen LogP contribution in [0.5, 0.6) is 0 Å². The van der Waals surface area contributed by atoms with Crippen molar-refractivity contribution in [3.05, 3.63) is 35.9 Å². The summed E-state index contributed by atoms with van der Waals surface area (Å²) in [5.41, 5.74) is 0.798. The SMILES string of the molecule is N#CN(Cc1ccccc1)C(=O)O. The average Bonchev–Trinajstić information content (AvgIpc) is 2.15. The lowest BCUT2D eigenvalue weighted by Crippen LogP contribution is -2.23. The van der Waals surface area contributed by atoms with Gasteiger partial charge in [0.25, 0.3) is 0 Å². The topological polar surface area (TPSA) is 64.3 Å². The number of hydrogen-bond acceptors (Lipinski definition) is 2. The van der Waals surface area contributed by atoms with E-state index in [0.717, 1.165) is 5.56 Å². The fourth-order valence-corrected chi connectivity index (χ4v) is 0.912. The number of hydrogen-bond donors (Lipinski definition) is 1. The third-order valence-electron chi connectivity index (χ3n) is 1.54. The van der Waals surface area contributed by atoms with Crippen LogP contribution >= 0.6 is 0 Å². The highest BCUT2D eigenvalue weighted by Crippen LogP contribution is 2.02. The second-order valence-electron chi connectivity index (χ2n) is 2.45. The van der Waals surface area contributed by atoms with Gasteiger partial charge in [0.15, 0.2) is 6.19 Å². The van der Waals surface area contributed by atoms with Gasteiger partial charge in [0.2, 0.25) is 0 Å². The Kier molecular flexibility index (Phi) is 2.87. The summed E-state index contributed by atoms with van der Waals surface area (Å²) in [4.78, 5) is 11.1. The first-order chi connectivity index (χ1) is 6.24. The van der Waals surface area contributed by atoms with Gasteiger partial charge in [-0.1, -0.05) is 30.3 Å². The Hall–Kier alpha value is -2.02. The molecule has 4 nitrogen and oxygen atoms in total. The van der Waals surface area contributed by atoms with Gasteiger partial charge in [0.1, 0.15) is 0 Å². The minimum atomic E-state index is -1.23. The molecule has 1 rings (SSSR count). The average molecular weight is 176 g/mol. The van der Waals surface area contributed by atoms with Crippen molar-refractivity contribution in [3.63, 3.8) is 0 Å². The highest BCUT2D eigenvalue weighted by atomic mass is 16.4. The van der Waals surface area contributed by atoms with Crippen molar-refractivity contribution in [2.24, 2.45) is 0 Å². The van der Waals surface area contributed by atoms with Crippen molar-refractivity contribution in [2.45, 2.75) is 6.54 Å². The molecule has 0 bridgehead atoms. The Morgan fingerprint density at radius 1 is 1.46 bits per heavy atom. The van der Waals surface area contributed by atoms with Gasteiger partial charge < -0.3 is 5.11 Å². The molecule has 4 heteroatoms. The Balaban J connectivity index is 2.69. The van der Waals surface area contributed by atoms with Gasteiger partial charge in [-0.25, -0.2) is 9.69 Å². The Morgan fingerprint density at radius 2 is 2.08 bits per heavy atom. The largest absolute Gasteiger partial charge is 0.464 e. The van der Waals surface area contributed by atoms with Crippen molar-refractivity contribution >= 4 is 6.09 Å². The zero-order valence-electron chi connectivity index (χ0n) is 6.84. The van der Waals surface area contributed by atoms with E-state index in [1.54, 1.807) is 30.5 Å². The molecule has 0 spiro atoms. The van der Waals surface area contributed by atoms with Gasteiger partial charge in [-0.15, -0.1) is 0 Å². The van der Waals surface area contributed by atoms with Crippen molar-refractivity contribution in [3.8, 4) is 6.19 Å². The molecule has 1 amide bonds. The molecule has 1 aromatic carbocycles. The smallest absolute Gasteiger partial charge is 0.420 e. The first kappa shape index (κ1) is 9.07. The molecule has 1 N–H and O–H groups in total. The molecular formula is C9H8N2O2. The predicted molar refractivity (Wildman–Crippen MR) is 45.6 cm³/mol. The molecule has 0 aromatic heterocycles. The molecule has 0 heterocycles. The quantitative estimate of drug-likeness (QED) is 0.550. The van der Waals surface area contributed by atoms with Crippen molar-refractivity contribution < 1.29 is 9.90 Å². The van der Waals surface area contributed by atoms with Gasteiger partial charge in [0, 0.05) is 0 Å². The summed E-state index contributed by atoms with van der Waals surface area (Å²) in [6, 6.07) is 8.97. The number of nitriles is 1. The maximum Gasteiger partial charge on any atom is 0.420 e. The second-order valence-corrected chi connectivity index (χ2v) is 2.45. The normalized spacial score (nSPS) is 8.85. The Labute approximate surface area is 75.6 Å². The van der Waals surface area contributed by atoms with Gasteiger partial charge in [0.05, 0.1) is 6.54 Å². The van der Waals surface area contributed by atoms with Gasteiger partial charge in [-0.05, 0) is 5.56 Å². The fraction of sp³-hybridized carbons (Fsp3) is 0.111. The fourth-order valence-electron chi connectivity index (χ4n) is 0.912. The van der Waals surface area contributed by atoms with E-state index in [4.69, 9.17) is 10.4 Å². The van der Waals surface area contributed by atoms with E-state index >= 15 is 0 Å². The van der Waals surface area contributed by atoms with E-state index < -0.39 is 6.09 Å². The lowest BCUT2D eigenvalue weighted by Gasteiger charge is -2.08. The molecule has 0 saturated heterocycles. The van der Waals surface area contributed by atoms with Crippen LogP contribution in [0.25, 0.3) is 0 Å². The lowest BCUT2D eigenvalue weighted by atomic mass is 10.2. The summed E-state index contributed by atoms with van der Waals surface area (Å²) in [6.07, 6.45) is 0.354. The van der Waals surface area contributed by atoms with Gasteiger partial charge in [-0.3, -0.25) is 0 Å². The summed E-state index contributed by atoms with van der Waals surface area (Å²) in [7, 11) is 0. The zero-order valence-corrected chi connectivity index (χ0v) is 6.84. The molecule has 0 aliphatic heterocycles. The van der Waals surface area contributed by atoms with E-state index in [1.165, 1.54) is 0 Å². The van der Waals surface area contributed by atoms with Crippen LogP contribution in [-0.4, -0.2) is 16.1 Å². The van der Waals surface area contributed by atoms with E-state index in [2.05, 4.69) is 0 Å². The maximum absolute atomic E-state index is 10.4. The molecule has 0 saturated carbocycles. The van der Waals surface area contributed by atoms with E-state index in [9.17, 15) is 4.79 Å². The molecule has 0 unspecified atom stereocenters. The van der Waals surface area contributed by atoms with Crippen LogP contribution in [0.2, 0.25) is 0 Å². The highest BCUT2D eigenvalue weighted by molar-refractivity contribution is 5.66. The van der Waals surface area contributed by atoms with E-state index in [0.29, 0.717) is 4.90 Å². The number of carboxylic acid groups (broad SMARTS) is 1. The molecule has 0 radical (unpaired) electrons. The summed E-state index contributed by atoms with van der Waals surface area (Å²) in [5, 5.41) is 17.0. The number of amides is 1. The van der Waals surface area contributed by atoms with Crippen molar-refractivity contribution in [1.82, 2.24) is 4.90 Å². The van der Waals surface area contributed by atoms with E-state index in [1.807, 2.05) is 6.07 Å². The minimum absolute atomic E-state index is 0.104. The second kappa shape index (κ2) is 4.12. The van der Waals surface area contributed by atoms with Crippen molar-refractivity contribution in [1.29, 1.82) is 5.26 Å². The van der Waals surface area contributed by atoms with Gasteiger partial charge in [-0.2, -0.15) is 5.26 Å². The third kappa shape index (κ3) is 2.49. The lowest BCUT2D eigenvalue weighted by molar-refractivity contribution is 0.163. The van der Waals surface area contributed by atoms with Crippen LogP contribution in [0, 0.1) is 11.5 Å². The van der Waals surface area contributed by atoms with E-state index in [-0.39, 0.29) is 6.54 Å². The molecule has 0 atom stereocenters. The summed E-state index contributed by atoms with van der Waals surface area (Å²) >= 11 is 0. The first-order valence-electron chi connectivity index (χ1n) is 3.68. The Morgan fingerprint density at radius 3 is 2.54 bits per heavy atom. The number of nitrogens with zero attached hydrogens (tertiary/aromatic N) is 2. The summed E-state index contributed by atoms with van der Waals surface area (Å²) in [5.74, 6) is 0. The van der Waals surface area contributed by atoms with Gasteiger partial charge >= 0.3 is 6.09 Å². The third-order valence-corrected chi connectivity index (χ3v) is 1.54. The van der Waals surface area contributed by atoms with Crippen LogP contribution in [0.15, 0.2) is 30.3 Å². The monoisotopic (exact) mass is 176 g/mol. The van der Waals surface area contributed by atoms with Crippen LogP contribution in [0.1, 0.15) is 5.56 Å². The number of carbonyl (C=O) groups is 1. The number of rotatable bonds is 2. The minimum Gasteiger partial charge on any atom is -0.464 e. The van der Waals surface area contributed by atoms with Crippen LogP contribution in [0.3, 0.4) is 0 Å². The molecular weight excluding hydrogens is 168 g/mol. The molecule has 13 heavy (non-hydrogen) atoms. The summed E-state index contributed by atoms with van der Waals surface area (Å²) in [6.45, 7) is 0.104. The Bertz CT molecular complexity index is 329. The highest BCUT2D eigenvalue weighted by Gasteiger charge is 2.09. The first-order valence-corrected chi connectivity index (χ1v) is 3.68. The van der Waals surface area contributed by atoms with Crippen molar-refractivity contribution in [2.75, 3.05) is 0 Å². The molecule has 0 aliphatic rings. The maximum atomic E-state index is 10.4. The van der Waals surface area contributed by atoms with Crippen LogP contribution in [-0.2, 0) is 6.54 Å². The molecule has 0 aliphatic carbocycles. The zero-order chi connectivity index (χ0) is 9.68. The number of benzene rings is 1. The summed E-state index contributed by atoms with van der Waals surface area (Å²) < 4.78 is 0. The molecule has 66 valence electrons. The molecule has 1 aromatic rings. The molecule has 0 fully saturated rings. The van der Waals surface area contributed by atoms with Crippen LogP contribution in [0.4, 0.5) is 4.79 Å². The predicted octanol–water partition coefficient (Wildman–Crippen LogP) is 1.65. The standard InChI is InChI=1S/C9H8N2O2/c10-7-11(9(12)13)6-8-4-2-1-3-5-8/h1-5H,6H2,(H,12,13).